The van der Waals surface area contributed by atoms with Crippen LogP contribution in [0.25, 0.3) is 0 Å². The van der Waals surface area contributed by atoms with Crippen molar-refractivity contribution >= 4 is 5.97 Å². The molecule has 0 aromatic heterocycles. The fourth-order valence-corrected chi connectivity index (χ4v) is 3.47. The van der Waals surface area contributed by atoms with Crippen molar-refractivity contribution in [1.29, 1.82) is 5.26 Å². The van der Waals surface area contributed by atoms with Crippen LogP contribution in [0.1, 0.15) is 92.4 Å². The van der Waals surface area contributed by atoms with Gasteiger partial charge in [0.1, 0.15) is 6.42 Å². The summed E-state index contributed by atoms with van der Waals surface area (Å²) in [5.41, 5.74) is 0. The van der Waals surface area contributed by atoms with E-state index in [1.54, 1.807) is 0 Å². The summed E-state index contributed by atoms with van der Waals surface area (Å²) in [5.74, 6) is -1.69. The molecule has 0 amide bonds. The molecule has 0 heterocycles. The van der Waals surface area contributed by atoms with E-state index in [4.69, 9.17) is 24.2 Å². The van der Waals surface area contributed by atoms with Gasteiger partial charge in [-0.3, -0.25) is 4.79 Å². The van der Waals surface area contributed by atoms with Gasteiger partial charge in [0, 0.05) is 25.7 Å². The van der Waals surface area contributed by atoms with Crippen LogP contribution in [-0.2, 0) is 23.7 Å². The third-order valence-corrected chi connectivity index (χ3v) is 4.62. The lowest BCUT2D eigenvalue weighted by Crippen LogP contribution is -2.48. The topological polar surface area (TPSA) is 77.8 Å². The standard InChI is InChI=1S/C22H41NO5/c1-6-10-11-12-13-14-15-20(18-19(5)28-21(24)16-17-23)22(25-7-2,26-8-3)27-9-4/h19-20H,6-16,18H2,1-5H3. The molecule has 0 fully saturated rings. The van der Waals surface area contributed by atoms with Crippen molar-refractivity contribution in [2.45, 2.75) is 104 Å². The number of unbranched alkanes of at least 4 members (excludes halogenated alkanes) is 5. The Morgan fingerprint density at radius 3 is 1.96 bits per heavy atom. The van der Waals surface area contributed by atoms with Crippen molar-refractivity contribution in [2.75, 3.05) is 19.8 Å². The molecule has 6 nitrogen and oxygen atoms in total. The van der Waals surface area contributed by atoms with E-state index in [-0.39, 0.29) is 18.4 Å². The monoisotopic (exact) mass is 399 g/mol. The minimum atomic E-state index is -1.13. The van der Waals surface area contributed by atoms with E-state index in [0.717, 1.165) is 19.3 Å². The second-order valence-electron chi connectivity index (χ2n) is 7.03. The minimum Gasteiger partial charge on any atom is -0.462 e. The van der Waals surface area contributed by atoms with Crippen LogP contribution in [0.4, 0.5) is 0 Å². The molecule has 0 aliphatic rings. The van der Waals surface area contributed by atoms with E-state index in [1.165, 1.54) is 25.7 Å². The predicted molar refractivity (Wildman–Crippen MR) is 109 cm³/mol. The van der Waals surface area contributed by atoms with Gasteiger partial charge in [-0.1, -0.05) is 45.4 Å². The third kappa shape index (κ3) is 11.0. The summed E-state index contributed by atoms with van der Waals surface area (Å²) in [4.78, 5) is 11.7. The summed E-state index contributed by atoms with van der Waals surface area (Å²) >= 11 is 0. The summed E-state index contributed by atoms with van der Waals surface area (Å²) in [6, 6.07) is 1.83. The summed E-state index contributed by atoms with van der Waals surface area (Å²) in [6.45, 7) is 11.2. The van der Waals surface area contributed by atoms with Gasteiger partial charge in [0.2, 0.25) is 0 Å². The first-order chi connectivity index (χ1) is 13.5. The van der Waals surface area contributed by atoms with Crippen LogP contribution in [0, 0.1) is 17.2 Å². The number of nitrogens with zero attached hydrogens (tertiary/aromatic N) is 1. The Morgan fingerprint density at radius 2 is 1.46 bits per heavy atom. The van der Waals surface area contributed by atoms with Crippen molar-refractivity contribution in [3.05, 3.63) is 0 Å². The van der Waals surface area contributed by atoms with Crippen molar-refractivity contribution < 1.29 is 23.7 Å². The maximum absolute atomic E-state index is 11.7. The highest BCUT2D eigenvalue weighted by Crippen LogP contribution is 2.34. The second-order valence-corrected chi connectivity index (χ2v) is 7.03. The SMILES string of the molecule is CCCCCCCCC(CC(C)OC(=O)CC#N)C(OCC)(OCC)OCC. The van der Waals surface area contributed by atoms with Gasteiger partial charge in [-0.05, 0) is 40.5 Å². The quantitative estimate of drug-likeness (QED) is 0.176. The summed E-state index contributed by atoms with van der Waals surface area (Å²) in [6.07, 6.45) is 8.04. The maximum atomic E-state index is 11.7. The highest BCUT2D eigenvalue weighted by Gasteiger charge is 2.42. The molecule has 0 aromatic rings. The van der Waals surface area contributed by atoms with E-state index in [9.17, 15) is 4.79 Å². The van der Waals surface area contributed by atoms with Crippen LogP contribution in [0.3, 0.4) is 0 Å². The first-order valence-corrected chi connectivity index (χ1v) is 11.0. The molecule has 2 atom stereocenters. The Kier molecular flexibility index (Phi) is 16.1. The number of hydrogen-bond acceptors (Lipinski definition) is 6. The minimum absolute atomic E-state index is 0.0663. The third-order valence-electron chi connectivity index (χ3n) is 4.62. The van der Waals surface area contributed by atoms with Crippen molar-refractivity contribution in [2.24, 2.45) is 5.92 Å². The molecular weight excluding hydrogens is 358 g/mol. The molecule has 0 saturated heterocycles. The van der Waals surface area contributed by atoms with Gasteiger partial charge in [0.15, 0.2) is 0 Å². The number of rotatable bonds is 18. The fraction of sp³-hybridized carbons (Fsp3) is 0.909. The lowest BCUT2D eigenvalue weighted by atomic mass is 9.92. The molecule has 0 rings (SSSR count). The molecular formula is C22H41NO5. The van der Waals surface area contributed by atoms with Crippen LogP contribution in [0.5, 0.6) is 0 Å². The smallest absolute Gasteiger partial charge is 0.320 e. The zero-order valence-corrected chi connectivity index (χ0v) is 18.6. The average molecular weight is 400 g/mol. The molecule has 6 heteroatoms. The van der Waals surface area contributed by atoms with Crippen molar-refractivity contribution in [1.82, 2.24) is 0 Å². The Balaban J connectivity index is 5.14. The van der Waals surface area contributed by atoms with Gasteiger partial charge in [-0.2, -0.15) is 5.26 Å². The zero-order valence-electron chi connectivity index (χ0n) is 18.6. The number of nitriles is 1. The van der Waals surface area contributed by atoms with Gasteiger partial charge >= 0.3 is 5.97 Å². The van der Waals surface area contributed by atoms with Gasteiger partial charge < -0.3 is 18.9 Å². The number of carbonyl (C=O) groups excluding carboxylic acids is 1. The van der Waals surface area contributed by atoms with Crippen LogP contribution < -0.4 is 0 Å². The molecule has 28 heavy (non-hydrogen) atoms. The van der Waals surface area contributed by atoms with Gasteiger partial charge in [-0.15, -0.1) is 0 Å². The maximum Gasteiger partial charge on any atom is 0.320 e. The molecule has 0 saturated carbocycles. The molecule has 0 aliphatic heterocycles. The van der Waals surface area contributed by atoms with Crippen LogP contribution in [-0.4, -0.2) is 37.9 Å². The lowest BCUT2D eigenvalue weighted by Gasteiger charge is -2.40. The molecule has 0 spiro atoms. The van der Waals surface area contributed by atoms with Crippen molar-refractivity contribution in [3.63, 3.8) is 0 Å². The molecule has 164 valence electrons. The second kappa shape index (κ2) is 16.8. The number of hydrogen-bond donors (Lipinski definition) is 0. The molecule has 2 unspecified atom stereocenters. The number of carbonyl (C=O) groups is 1. The lowest BCUT2D eigenvalue weighted by molar-refractivity contribution is -0.404. The number of esters is 1. The molecule has 0 radical (unpaired) electrons. The Morgan fingerprint density at radius 1 is 0.929 bits per heavy atom. The van der Waals surface area contributed by atoms with E-state index >= 15 is 0 Å². The first kappa shape index (κ1) is 26.8. The summed E-state index contributed by atoms with van der Waals surface area (Å²) < 4.78 is 23.3. The Hall–Kier alpha value is -1.16. The van der Waals surface area contributed by atoms with E-state index in [1.807, 2.05) is 33.8 Å². The van der Waals surface area contributed by atoms with E-state index < -0.39 is 11.9 Å². The zero-order chi connectivity index (χ0) is 21.3. The molecule has 0 aliphatic carbocycles. The highest BCUT2D eigenvalue weighted by molar-refractivity contribution is 5.71. The average Bonchev–Trinajstić information content (AvgIpc) is 2.64. The van der Waals surface area contributed by atoms with Gasteiger partial charge in [0.25, 0.3) is 5.97 Å². The van der Waals surface area contributed by atoms with Gasteiger partial charge in [0.05, 0.1) is 12.2 Å². The highest BCUT2D eigenvalue weighted by atomic mass is 16.9. The van der Waals surface area contributed by atoms with Crippen LogP contribution in [0.2, 0.25) is 0 Å². The largest absolute Gasteiger partial charge is 0.462 e. The van der Waals surface area contributed by atoms with E-state index in [2.05, 4.69) is 6.92 Å². The Labute approximate surface area is 171 Å². The normalized spacial score (nSPS) is 13.7. The van der Waals surface area contributed by atoms with Crippen LogP contribution in [0.15, 0.2) is 0 Å². The van der Waals surface area contributed by atoms with Crippen LogP contribution >= 0.6 is 0 Å². The number of ether oxygens (including phenoxy) is 4. The predicted octanol–water partition coefficient (Wildman–Crippen LogP) is 5.35. The van der Waals surface area contributed by atoms with Crippen molar-refractivity contribution in [3.8, 4) is 6.07 Å². The summed E-state index contributed by atoms with van der Waals surface area (Å²) in [7, 11) is 0. The molecule has 0 aromatic carbocycles. The summed E-state index contributed by atoms with van der Waals surface area (Å²) in [5, 5.41) is 8.66. The fourth-order valence-electron chi connectivity index (χ4n) is 3.47. The molecule has 0 N–H and O–H groups in total. The molecule has 0 bridgehead atoms. The van der Waals surface area contributed by atoms with E-state index in [0.29, 0.717) is 26.2 Å². The van der Waals surface area contributed by atoms with Gasteiger partial charge in [-0.25, -0.2) is 0 Å². The Bertz CT molecular complexity index is 418. The first-order valence-electron chi connectivity index (χ1n) is 11.0.